The van der Waals surface area contributed by atoms with E-state index in [4.69, 9.17) is 9.72 Å². The number of carbonyl (C=O) groups excluding carboxylic acids is 1. The number of aryl methyl sites for hydroxylation is 2. The van der Waals surface area contributed by atoms with E-state index in [1.54, 1.807) is 0 Å². The summed E-state index contributed by atoms with van der Waals surface area (Å²) in [5.41, 5.74) is 5.08. The number of para-hydroxylation sites is 3. The smallest absolute Gasteiger partial charge is 0.227 e. The van der Waals surface area contributed by atoms with E-state index in [0.29, 0.717) is 19.5 Å². The van der Waals surface area contributed by atoms with Crippen LogP contribution in [-0.4, -0.2) is 39.8 Å². The second-order valence-electron chi connectivity index (χ2n) is 9.02. The maximum atomic E-state index is 12.8. The zero-order chi connectivity index (χ0) is 23.7. The summed E-state index contributed by atoms with van der Waals surface area (Å²) in [7, 11) is 0. The minimum Gasteiger partial charge on any atom is -0.491 e. The van der Waals surface area contributed by atoms with Crippen molar-refractivity contribution in [3.63, 3.8) is 0 Å². The number of hydrogen-bond donors (Lipinski definition) is 1. The molecule has 0 saturated carbocycles. The number of benzene rings is 3. The third kappa shape index (κ3) is 4.41. The van der Waals surface area contributed by atoms with Crippen LogP contribution in [0.25, 0.3) is 11.0 Å². The number of carbonyl (C=O) groups is 1. The number of aromatic nitrogens is 2. The first-order chi connectivity index (χ1) is 16.5. The van der Waals surface area contributed by atoms with Crippen LogP contribution in [0.15, 0.2) is 72.8 Å². The Morgan fingerprint density at radius 3 is 2.59 bits per heavy atom. The molecule has 1 N–H and O–H groups in total. The topological polar surface area (TPSA) is 67.6 Å². The van der Waals surface area contributed by atoms with Gasteiger partial charge in [-0.15, -0.1) is 0 Å². The summed E-state index contributed by atoms with van der Waals surface area (Å²) in [6, 6.07) is 23.6. The van der Waals surface area contributed by atoms with Crippen molar-refractivity contribution in [1.29, 1.82) is 0 Å². The van der Waals surface area contributed by atoms with E-state index in [1.165, 1.54) is 5.56 Å². The number of amides is 1. The maximum Gasteiger partial charge on any atom is 0.227 e. The number of aliphatic hydroxyl groups is 1. The summed E-state index contributed by atoms with van der Waals surface area (Å²) in [5.74, 6) is 1.62. The molecule has 1 saturated heterocycles. The lowest BCUT2D eigenvalue weighted by atomic mass is 10.1. The summed E-state index contributed by atoms with van der Waals surface area (Å²) in [4.78, 5) is 19.5. The molecule has 0 radical (unpaired) electrons. The first-order valence-corrected chi connectivity index (χ1v) is 11.7. The second kappa shape index (κ2) is 9.31. The summed E-state index contributed by atoms with van der Waals surface area (Å²) < 4.78 is 7.93. The highest BCUT2D eigenvalue weighted by molar-refractivity contribution is 5.96. The Morgan fingerprint density at radius 1 is 1.03 bits per heavy atom. The van der Waals surface area contributed by atoms with Crippen LogP contribution in [0.4, 0.5) is 5.69 Å². The molecular formula is C28H29N3O3. The van der Waals surface area contributed by atoms with E-state index in [9.17, 15) is 9.90 Å². The summed E-state index contributed by atoms with van der Waals surface area (Å²) >= 11 is 0. The van der Waals surface area contributed by atoms with E-state index < -0.39 is 6.10 Å². The number of hydrogen-bond acceptors (Lipinski definition) is 4. The third-order valence-corrected chi connectivity index (χ3v) is 6.56. The fourth-order valence-electron chi connectivity index (χ4n) is 4.60. The fraction of sp³-hybridized carbons (Fsp3) is 0.286. The predicted octanol–water partition coefficient (Wildman–Crippen LogP) is 4.61. The highest BCUT2D eigenvalue weighted by atomic mass is 16.5. The largest absolute Gasteiger partial charge is 0.491 e. The lowest BCUT2D eigenvalue weighted by molar-refractivity contribution is -0.117. The van der Waals surface area contributed by atoms with Crippen LogP contribution in [0.5, 0.6) is 5.75 Å². The molecule has 0 aliphatic carbocycles. The average molecular weight is 456 g/mol. The summed E-state index contributed by atoms with van der Waals surface area (Å²) in [6.07, 6.45) is -0.326. The van der Waals surface area contributed by atoms with E-state index in [-0.39, 0.29) is 18.4 Å². The molecule has 6 heteroatoms. The van der Waals surface area contributed by atoms with Gasteiger partial charge in [0.1, 0.15) is 24.3 Å². The standard InChI is InChI=1S/C28H29N3O3/c1-19-12-13-24(14-20(19)2)34-18-23(32)17-31-26-11-7-6-10-25(26)29-28(31)21-15-27(33)30(16-21)22-8-4-3-5-9-22/h3-14,21,23,32H,15-18H2,1-2H3/t21-,23+/m1/s1. The van der Waals surface area contributed by atoms with E-state index >= 15 is 0 Å². The van der Waals surface area contributed by atoms with Gasteiger partial charge in [-0.2, -0.15) is 0 Å². The number of nitrogens with zero attached hydrogens (tertiary/aromatic N) is 3. The fourth-order valence-corrected chi connectivity index (χ4v) is 4.60. The lowest BCUT2D eigenvalue weighted by Crippen LogP contribution is -2.26. The molecule has 2 atom stereocenters. The Bertz CT molecular complexity index is 1320. The summed E-state index contributed by atoms with van der Waals surface area (Å²) in [5, 5.41) is 10.9. The molecule has 6 nitrogen and oxygen atoms in total. The number of ether oxygens (including phenoxy) is 1. The second-order valence-corrected chi connectivity index (χ2v) is 9.02. The van der Waals surface area contributed by atoms with Gasteiger partial charge in [-0.05, 0) is 61.4 Å². The Hall–Kier alpha value is -3.64. The molecule has 1 fully saturated rings. The van der Waals surface area contributed by atoms with E-state index in [1.807, 2.05) is 84.6 Å². The van der Waals surface area contributed by atoms with Gasteiger partial charge in [0.2, 0.25) is 5.91 Å². The normalized spacial score (nSPS) is 16.9. The van der Waals surface area contributed by atoms with Crippen molar-refractivity contribution in [3.05, 3.63) is 89.7 Å². The van der Waals surface area contributed by atoms with Crippen LogP contribution >= 0.6 is 0 Å². The van der Waals surface area contributed by atoms with Crippen molar-refractivity contribution in [2.75, 3.05) is 18.1 Å². The van der Waals surface area contributed by atoms with Crippen LogP contribution in [0, 0.1) is 13.8 Å². The monoisotopic (exact) mass is 455 g/mol. The highest BCUT2D eigenvalue weighted by Crippen LogP contribution is 2.33. The predicted molar refractivity (Wildman–Crippen MR) is 133 cm³/mol. The number of fused-ring (bicyclic) bond motifs is 1. The Kier molecular flexibility index (Phi) is 6.07. The number of rotatable bonds is 7. The number of anilines is 1. The van der Waals surface area contributed by atoms with Gasteiger partial charge in [0.05, 0.1) is 17.6 Å². The van der Waals surface area contributed by atoms with Gasteiger partial charge in [-0.3, -0.25) is 4.79 Å². The average Bonchev–Trinajstić information content (AvgIpc) is 3.41. The van der Waals surface area contributed by atoms with Gasteiger partial charge in [-0.1, -0.05) is 36.4 Å². The molecule has 34 heavy (non-hydrogen) atoms. The molecule has 1 aliphatic heterocycles. The lowest BCUT2D eigenvalue weighted by Gasteiger charge is -2.19. The first-order valence-electron chi connectivity index (χ1n) is 11.7. The van der Waals surface area contributed by atoms with Gasteiger partial charge >= 0.3 is 0 Å². The molecule has 174 valence electrons. The molecule has 0 spiro atoms. The third-order valence-electron chi connectivity index (χ3n) is 6.56. The molecule has 5 rings (SSSR count). The van der Waals surface area contributed by atoms with Crippen LogP contribution in [0.3, 0.4) is 0 Å². The molecule has 0 unspecified atom stereocenters. The van der Waals surface area contributed by atoms with Crippen molar-refractivity contribution in [2.24, 2.45) is 0 Å². The van der Waals surface area contributed by atoms with E-state index in [2.05, 4.69) is 11.5 Å². The van der Waals surface area contributed by atoms with Crippen LogP contribution in [-0.2, 0) is 11.3 Å². The minimum absolute atomic E-state index is 0.0482. The molecule has 2 heterocycles. The van der Waals surface area contributed by atoms with Gasteiger partial charge in [0, 0.05) is 24.6 Å². The van der Waals surface area contributed by atoms with Crippen LogP contribution < -0.4 is 9.64 Å². The molecule has 0 bridgehead atoms. The molecule has 3 aromatic carbocycles. The summed E-state index contributed by atoms with van der Waals surface area (Å²) in [6.45, 7) is 5.20. The van der Waals surface area contributed by atoms with Crippen molar-refractivity contribution in [3.8, 4) is 5.75 Å². The van der Waals surface area contributed by atoms with Gasteiger partial charge in [0.25, 0.3) is 0 Å². The number of aliphatic hydroxyl groups excluding tert-OH is 1. The van der Waals surface area contributed by atoms with Crippen molar-refractivity contribution in [2.45, 2.75) is 38.8 Å². The molecule has 1 amide bonds. The SMILES string of the molecule is Cc1ccc(OC[C@@H](O)Cn2c([C@@H]3CC(=O)N(c4ccccc4)C3)nc3ccccc32)cc1C. The van der Waals surface area contributed by atoms with Gasteiger partial charge in [-0.25, -0.2) is 4.98 Å². The Balaban J connectivity index is 1.37. The first kappa shape index (κ1) is 22.2. The van der Waals surface area contributed by atoms with Crippen molar-refractivity contribution in [1.82, 2.24) is 9.55 Å². The molecule has 1 aromatic heterocycles. The van der Waals surface area contributed by atoms with Crippen LogP contribution in [0.1, 0.15) is 29.3 Å². The van der Waals surface area contributed by atoms with Crippen molar-refractivity contribution < 1.29 is 14.6 Å². The van der Waals surface area contributed by atoms with Gasteiger partial charge in [0.15, 0.2) is 0 Å². The highest BCUT2D eigenvalue weighted by Gasteiger charge is 2.35. The van der Waals surface area contributed by atoms with Crippen molar-refractivity contribution >= 4 is 22.6 Å². The minimum atomic E-state index is -0.722. The van der Waals surface area contributed by atoms with E-state index in [0.717, 1.165) is 33.9 Å². The van der Waals surface area contributed by atoms with Gasteiger partial charge < -0.3 is 19.3 Å². The van der Waals surface area contributed by atoms with Crippen LogP contribution in [0.2, 0.25) is 0 Å². The Labute approximate surface area is 199 Å². The number of imidazole rings is 1. The zero-order valence-electron chi connectivity index (χ0n) is 19.5. The quantitative estimate of drug-likeness (QED) is 0.442. The zero-order valence-corrected chi connectivity index (χ0v) is 19.5. The maximum absolute atomic E-state index is 12.8. The molecule has 1 aliphatic rings. The molecule has 4 aromatic rings. The molecular weight excluding hydrogens is 426 g/mol. The Morgan fingerprint density at radius 2 is 1.79 bits per heavy atom.